The highest BCUT2D eigenvalue weighted by atomic mass is 16.3. The first-order valence-electron chi connectivity index (χ1n) is 7.19. The fourth-order valence-corrected chi connectivity index (χ4v) is 2.89. The van der Waals surface area contributed by atoms with Gasteiger partial charge in [-0.2, -0.15) is 5.10 Å². The molecule has 1 aliphatic rings. The minimum atomic E-state index is -0.0559. The molecule has 0 amide bonds. The van der Waals surface area contributed by atoms with Gasteiger partial charge in [0.1, 0.15) is 11.6 Å². The quantitative estimate of drug-likeness (QED) is 0.843. The molecule has 0 unspecified atom stereocenters. The standard InChI is InChI=1S/C15H19N3O2/c1-10-8-13(19)9-14(20-10)15-16-11(2)17-18(15)12-6-4-3-5-7-12/h8-9,12H,3-7H2,1-2H3. The molecule has 1 aliphatic carbocycles. The first-order chi connectivity index (χ1) is 9.63. The van der Waals surface area contributed by atoms with Gasteiger partial charge in [-0.15, -0.1) is 0 Å². The van der Waals surface area contributed by atoms with Crippen molar-refractivity contribution >= 4 is 0 Å². The van der Waals surface area contributed by atoms with Gasteiger partial charge >= 0.3 is 0 Å². The third-order valence-electron chi connectivity index (χ3n) is 3.77. The van der Waals surface area contributed by atoms with Crippen molar-refractivity contribution in [3.63, 3.8) is 0 Å². The highest BCUT2D eigenvalue weighted by Gasteiger charge is 2.22. The maximum Gasteiger partial charge on any atom is 0.194 e. The van der Waals surface area contributed by atoms with Gasteiger partial charge in [0.25, 0.3) is 0 Å². The van der Waals surface area contributed by atoms with Crippen LogP contribution in [0.4, 0.5) is 0 Å². The smallest absolute Gasteiger partial charge is 0.194 e. The molecule has 0 bridgehead atoms. The normalized spacial score (nSPS) is 16.5. The van der Waals surface area contributed by atoms with Crippen LogP contribution in [-0.4, -0.2) is 14.8 Å². The van der Waals surface area contributed by atoms with Crippen LogP contribution < -0.4 is 5.43 Å². The molecule has 5 heteroatoms. The Morgan fingerprint density at radius 2 is 1.95 bits per heavy atom. The third kappa shape index (κ3) is 2.53. The fraction of sp³-hybridized carbons (Fsp3) is 0.533. The van der Waals surface area contributed by atoms with Crippen molar-refractivity contribution < 1.29 is 4.42 Å². The van der Waals surface area contributed by atoms with Crippen LogP contribution in [0.1, 0.15) is 49.7 Å². The molecule has 3 rings (SSSR count). The van der Waals surface area contributed by atoms with E-state index in [-0.39, 0.29) is 5.43 Å². The van der Waals surface area contributed by atoms with Gasteiger partial charge in [0.2, 0.25) is 0 Å². The van der Waals surface area contributed by atoms with E-state index >= 15 is 0 Å². The number of hydrogen-bond acceptors (Lipinski definition) is 4. The lowest BCUT2D eigenvalue weighted by Gasteiger charge is -2.22. The van der Waals surface area contributed by atoms with E-state index in [2.05, 4.69) is 10.1 Å². The highest BCUT2D eigenvalue weighted by Crippen LogP contribution is 2.31. The van der Waals surface area contributed by atoms with Crippen LogP contribution in [0.3, 0.4) is 0 Å². The molecule has 2 heterocycles. The van der Waals surface area contributed by atoms with Crippen LogP contribution in [0.25, 0.3) is 11.6 Å². The van der Waals surface area contributed by atoms with Crippen molar-refractivity contribution in [1.82, 2.24) is 14.8 Å². The summed E-state index contributed by atoms with van der Waals surface area (Å²) in [6.45, 7) is 3.65. The fourth-order valence-electron chi connectivity index (χ4n) is 2.89. The highest BCUT2D eigenvalue weighted by molar-refractivity contribution is 5.46. The largest absolute Gasteiger partial charge is 0.458 e. The summed E-state index contributed by atoms with van der Waals surface area (Å²) in [5.41, 5.74) is -0.0559. The Hall–Kier alpha value is -1.91. The van der Waals surface area contributed by atoms with E-state index in [0.717, 1.165) is 18.7 Å². The summed E-state index contributed by atoms with van der Waals surface area (Å²) < 4.78 is 7.62. The predicted octanol–water partition coefficient (Wildman–Crippen LogP) is 3.02. The lowest BCUT2D eigenvalue weighted by atomic mass is 9.95. The van der Waals surface area contributed by atoms with Gasteiger partial charge in [0, 0.05) is 12.1 Å². The van der Waals surface area contributed by atoms with E-state index in [1.165, 1.54) is 31.4 Å². The molecule has 20 heavy (non-hydrogen) atoms. The molecule has 0 saturated heterocycles. The monoisotopic (exact) mass is 273 g/mol. The predicted molar refractivity (Wildman–Crippen MR) is 75.6 cm³/mol. The SMILES string of the molecule is Cc1nc(-c2cc(=O)cc(C)o2)n(C2CCCCC2)n1. The minimum absolute atomic E-state index is 0.0559. The Bertz CT molecular complexity index is 666. The average molecular weight is 273 g/mol. The molecular formula is C15H19N3O2. The lowest BCUT2D eigenvalue weighted by Crippen LogP contribution is -2.16. The van der Waals surface area contributed by atoms with Crippen LogP contribution in [0.5, 0.6) is 0 Å². The van der Waals surface area contributed by atoms with E-state index in [9.17, 15) is 4.79 Å². The van der Waals surface area contributed by atoms with E-state index in [0.29, 0.717) is 23.4 Å². The molecular weight excluding hydrogens is 254 g/mol. The van der Waals surface area contributed by atoms with Crippen molar-refractivity contribution in [1.29, 1.82) is 0 Å². The number of aryl methyl sites for hydroxylation is 2. The molecule has 0 N–H and O–H groups in total. The summed E-state index contributed by atoms with van der Waals surface area (Å²) in [7, 11) is 0. The molecule has 0 spiro atoms. The zero-order valence-electron chi connectivity index (χ0n) is 11.9. The van der Waals surface area contributed by atoms with E-state index in [4.69, 9.17) is 4.42 Å². The Balaban J connectivity index is 2.06. The average Bonchev–Trinajstić information content (AvgIpc) is 2.81. The second kappa shape index (κ2) is 5.23. The van der Waals surface area contributed by atoms with Gasteiger partial charge in [-0.3, -0.25) is 4.79 Å². The molecule has 1 fully saturated rings. The molecule has 0 radical (unpaired) electrons. The first-order valence-corrected chi connectivity index (χ1v) is 7.19. The van der Waals surface area contributed by atoms with Gasteiger partial charge in [-0.1, -0.05) is 19.3 Å². The molecule has 2 aromatic rings. The summed E-state index contributed by atoms with van der Waals surface area (Å²) in [5.74, 6) is 2.51. The number of aromatic nitrogens is 3. The second-order valence-electron chi connectivity index (χ2n) is 5.49. The van der Waals surface area contributed by atoms with E-state index in [1.807, 2.05) is 11.6 Å². The van der Waals surface area contributed by atoms with Crippen molar-refractivity contribution in [2.45, 2.75) is 52.0 Å². The summed E-state index contributed by atoms with van der Waals surface area (Å²) in [5, 5.41) is 4.51. The third-order valence-corrected chi connectivity index (χ3v) is 3.77. The van der Waals surface area contributed by atoms with Crippen molar-refractivity contribution in [3.05, 3.63) is 33.9 Å². The van der Waals surface area contributed by atoms with Gasteiger partial charge in [-0.05, 0) is 26.7 Å². The summed E-state index contributed by atoms with van der Waals surface area (Å²) in [6.07, 6.45) is 5.97. The zero-order chi connectivity index (χ0) is 14.1. The molecule has 0 aliphatic heterocycles. The molecule has 106 valence electrons. The summed E-state index contributed by atoms with van der Waals surface area (Å²) >= 11 is 0. The Morgan fingerprint density at radius 3 is 2.65 bits per heavy atom. The van der Waals surface area contributed by atoms with Crippen LogP contribution in [0, 0.1) is 13.8 Å². The Kier molecular flexibility index (Phi) is 3.42. The first kappa shape index (κ1) is 13.1. The zero-order valence-corrected chi connectivity index (χ0v) is 11.9. The van der Waals surface area contributed by atoms with Gasteiger partial charge < -0.3 is 4.42 Å². The summed E-state index contributed by atoms with van der Waals surface area (Å²) in [6, 6.07) is 3.35. The maximum absolute atomic E-state index is 11.7. The van der Waals surface area contributed by atoms with Crippen LogP contribution in [-0.2, 0) is 0 Å². The van der Waals surface area contributed by atoms with Gasteiger partial charge in [0.05, 0.1) is 6.04 Å². The molecule has 0 atom stereocenters. The Morgan fingerprint density at radius 1 is 1.20 bits per heavy atom. The maximum atomic E-state index is 11.7. The summed E-state index contributed by atoms with van der Waals surface area (Å²) in [4.78, 5) is 16.1. The van der Waals surface area contributed by atoms with E-state index < -0.39 is 0 Å². The topological polar surface area (TPSA) is 60.9 Å². The number of hydrogen-bond donors (Lipinski definition) is 0. The van der Waals surface area contributed by atoms with Crippen LogP contribution in [0.15, 0.2) is 21.3 Å². The second-order valence-corrected chi connectivity index (χ2v) is 5.49. The number of rotatable bonds is 2. The van der Waals surface area contributed by atoms with Crippen molar-refractivity contribution in [2.24, 2.45) is 0 Å². The lowest BCUT2D eigenvalue weighted by molar-refractivity contribution is 0.328. The molecule has 1 saturated carbocycles. The van der Waals surface area contributed by atoms with Gasteiger partial charge in [0.15, 0.2) is 17.0 Å². The number of nitrogens with zero attached hydrogens (tertiary/aromatic N) is 3. The van der Waals surface area contributed by atoms with Crippen LogP contribution in [0.2, 0.25) is 0 Å². The minimum Gasteiger partial charge on any atom is -0.458 e. The van der Waals surface area contributed by atoms with Crippen molar-refractivity contribution in [3.8, 4) is 11.6 Å². The Labute approximate surface area is 117 Å². The molecule has 0 aromatic carbocycles. The van der Waals surface area contributed by atoms with Crippen molar-refractivity contribution in [2.75, 3.05) is 0 Å². The van der Waals surface area contributed by atoms with Gasteiger partial charge in [-0.25, -0.2) is 9.67 Å². The van der Waals surface area contributed by atoms with E-state index in [1.54, 1.807) is 6.92 Å². The molecule has 2 aromatic heterocycles. The molecule has 5 nitrogen and oxygen atoms in total. The van der Waals surface area contributed by atoms with Crippen LogP contribution >= 0.6 is 0 Å².